The van der Waals surface area contributed by atoms with E-state index in [2.05, 4.69) is 45.1 Å². The van der Waals surface area contributed by atoms with Gasteiger partial charge in [-0.05, 0) is 38.2 Å². The second-order valence-corrected chi connectivity index (χ2v) is 7.80. The molecule has 1 nitrogen and oxygen atoms in total. The van der Waals surface area contributed by atoms with Crippen molar-refractivity contribution < 1.29 is 4.43 Å². The second kappa shape index (κ2) is 4.07. The second-order valence-electron chi connectivity index (χ2n) is 3.97. The van der Waals surface area contributed by atoms with Gasteiger partial charge in [0.05, 0.1) is 0 Å². The van der Waals surface area contributed by atoms with E-state index in [1.807, 2.05) is 12.1 Å². The lowest BCUT2D eigenvalue weighted by Crippen LogP contribution is -2.46. The lowest BCUT2D eigenvalue weighted by atomic mass is 10.4. The summed E-state index contributed by atoms with van der Waals surface area (Å²) in [6.45, 7) is 8.62. The highest BCUT2D eigenvalue weighted by Crippen LogP contribution is 2.07. The summed E-state index contributed by atoms with van der Waals surface area (Å²) in [5.41, 5.74) is 0. The Bertz CT molecular complexity index is 254. The third kappa shape index (κ3) is 2.97. The molecule has 71 valence electrons. The van der Waals surface area contributed by atoms with E-state index in [4.69, 9.17) is 4.43 Å². The standard InChI is InChI=1S/C11H17OSi/c1-10(2)12-13(3,4)11-8-6-5-7-9-11/h6-10H,1-4H3. The Morgan fingerprint density at radius 1 is 1.23 bits per heavy atom. The Morgan fingerprint density at radius 3 is 2.23 bits per heavy atom. The molecule has 0 amide bonds. The zero-order chi connectivity index (χ0) is 9.90. The highest BCUT2D eigenvalue weighted by molar-refractivity contribution is 6.84. The third-order valence-electron chi connectivity index (χ3n) is 1.94. The van der Waals surface area contributed by atoms with Crippen molar-refractivity contribution in [2.45, 2.75) is 33.0 Å². The fourth-order valence-electron chi connectivity index (χ4n) is 1.45. The Kier molecular flexibility index (Phi) is 3.28. The van der Waals surface area contributed by atoms with Crippen molar-refractivity contribution in [3.63, 3.8) is 0 Å². The maximum Gasteiger partial charge on any atom is 0.218 e. The maximum absolute atomic E-state index is 5.95. The summed E-state index contributed by atoms with van der Waals surface area (Å²) in [5, 5.41) is 1.33. The van der Waals surface area contributed by atoms with Gasteiger partial charge < -0.3 is 4.43 Å². The van der Waals surface area contributed by atoms with Gasteiger partial charge in [0.25, 0.3) is 0 Å². The Balaban J connectivity index is 2.81. The molecule has 0 spiro atoms. The minimum absolute atomic E-state index is 0.311. The SMILES string of the molecule is CC(C)O[Si](C)(C)c1cc[c]cc1. The zero-order valence-electron chi connectivity index (χ0n) is 8.79. The summed E-state index contributed by atoms with van der Waals surface area (Å²) in [5.74, 6) is 0. The summed E-state index contributed by atoms with van der Waals surface area (Å²) in [6, 6.07) is 11.1. The van der Waals surface area contributed by atoms with Crippen LogP contribution in [0.1, 0.15) is 13.8 Å². The summed E-state index contributed by atoms with van der Waals surface area (Å²) in [6.07, 6.45) is 0.311. The van der Waals surface area contributed by atoms with Gasteiger partial charge in [-0.2, -0.15) is 0 Å². The van der Waals surface area contributed by atoms with Crippen LogP contribution < -0.4 is 5.19 Å². The third-order valence-corrected chi connectivity index (χ3v) is 4.73. The molecule has 1 aromatic rings. The van der Waals surface area contributed by atoms with E-state index >= 15 is 0 Å². The van der Waals surface area contributed by atoms with Crippen LogP contribution >= 0.6 is 0 Å². The fraction of sp³-hybridized carbons (Fsp3) is 0.455. The topological polar surface area (TPSA) is 9.23 Å². The van der Waals surface area contributed by atoms with Gasteiger partial charge in [0.2, 0.25) is 8.32 Å². The number of hydrogen-bond acceptors (Lipinski definition) is 1. The zero-order valence-corrected chi connectivity index (χ0v) is 9.79. The van der Waals surface area contributed by atoms with E-state index in [-0.39, 0.29) is 0 Å². The first-order valence-electron chi connectivity index (χ1n) is 4.67. The monoisotopic (exact) mass is 193 g/mol. The van der Waals surface area contributed by atoms with Crippen LogP contribution in [0.3, 0.4) is 0 Å². The average molecular weight is 193 g/mol. The molecule has 0 N–H and O–H groups in total. The van der Waals surface area contributed by atoms with Crippen molar-refractivity contribution in [3.8, 4) is 0 Å². The Labute approximate surface area is 81.9 Å². The van der Waals surface area contributed by atoms with E-state index in [9.17, 15) is 0 Å². The quantitative estimate of drug-likeness (QED) is 0.669. The largest absolute Gasteiger partial charge is 0.411 e. The van der Waals surface area contributed by atoms with Crippen LogP contribution in [0.4, 0.5) is 0 Å². The molecule has 1 aromatic carbocycles. The van der Waals surface area contributed by atoms with Crippen LogP contribution in [0.25, 0.3) is 0 Å². The van der Waals surface area contributed by atoms with Gasteiger partial charge in [-0.15, -0.1) is 0 Å². The predicted molar refractivity (Wildman–Crippen MR) is 58.6 cm³/mol. The molecular formula is C11H17OSi. The van der Waals surface area contributed by atoms with E-state index in [1.165, 1.54) is 5.19 Å². The molecule has 0 heterocycles. The number of rotatable bonds is 3. The van der Waals surface area contributed by atoms with Crippen molar-refractivity contribution in [3.05, 3.63) is 30.3 Å². The Morgan fingerprint density at radius 2 is 1.77 bits per heavy atom. The highest BCUT2D eigenvalue weighted by Gasteiger charge is 2.25. The van der Waals surface area contributed by atoms with E-state index in [1.54, 1.807) is 0 Å². The van der Waals surface area contributed by atoms with E-state index < -0.39 is 8.32 Å². The van der Waals surface area contributed by atoms with Crippen molar-refractivity contribution in [1.29, 1.82) is 0 Å². The van der Waals surface area contributed by atoms with Crippen molar-refractivity contribution in [1.82, 2.24) is 0 Å². The normalized spacial score (nSPS) is 12.1. The number of benzene rings is 1. The van der Waals surface area contributed by atoms with Crippen LogP contribution in [0, 0.1) is 6.07 Å². The van der Waals surface area contributed by atoms with Gasteiger partial charge in [0, 0.05) is 6.10 Å². The lowest BCUT2D eigenvalue weighted by Gasteiger charge is -2.25. The van der Waals surface area contributed by atoms with Gasteiger partial charge in [-0.25, -0.2) is 0 Å². The molecule has 0 fully saturated rings. The Hall–Kier alpha value is -0.603. The van der Waals surface area contributed by atoms with E-state index in [0.717, 1.165) is 0 Å². The molecule has 0 unspecified atom stereocenters. The van der Waals surface area contributed by atoms with E-state index in [0.29, 0.717) is 6.10 Å². The summed E-state index contributed by atoms with van der Waals surface area (Å²) < 4.78 is 5.95. The molecule has 1 radical (unpaired) electrons. The molecule has 0 aliphatic heterocycles. The average Bonchev–Trinajstić information content (AvgIpc) is 2.04. The van der Waals surface area contributed by atoms with Crippen molar-refractivity contribution in [2.24, 2.45) is 0 Å². The first-order valence-corrected chi connectivity index (χ1v) is 7.57. The molecule has 13 heavy (non-hydrogen) atoms. The molecule has 0 aliphatic carbocycles. The van der Waals surface area contributed by atoms with Gasteiger partial charge in [0.15, 0.2) is 0 Å². The minimum Gasteiger partial charge on any atom is -0.411 e. The molecule has 1 rings (SSSR count). The fourth-order valence-corrected chi connectivity index (χ4v) is 3.73. The maximum atomic E-state index is 5.95. The molecule has 0 saturated heterocycles. The molecule has 0 bridgehead atoms. The van der Waals surface area contributed by atoms with Crippen LogP contribution in [0.15, 0.2) is 24.3 Å². The molecule has 0 atom stereocenters. The van der Waals surface area contributed by atoms with Gasteiger partial charge >= 0.3 is 0 Å². The molecule has 0 aromatic heterocycles. The minimum atomic E-state index is -1.66. The highest BCUT2D eigenvalue weighted by atomic mass is 28.4. The smallest absolute Gasteiger partial charge is 0.218 e. The van der Waals surface area contributed by atoms with Crippen LogP contribution in [0.2, 0.25) is 13.1 Å². The summed E-state index contributed by atoms with van der Waals surface area (Å²) >= 11 is 0. The first kappa shape index (κ1) is 10.5. The first-order chi connectivity index (χ1) is 6.02. The molecule has 0 saturated carbocycles. The van der Waals surface area contributed by atoms with Crippen LogP contribution in [-0.2, 0) is 4.43 Å². The van der Waals surface area contributed by atoms with Crippen LogP contribution in [-0.4, -0.2) is 14.4 Å². The van der Waals surface area contributed by atoms with Gasteiger partial charge in [-0.3, -0.25) is 0 Å². The lowest BCUT2D eigenvalue weighted by molar-refractivity contribution is 0.238. The van der Waals surface area contributed by atoms with Crippen molar-refractivity contribution in [2.75, 3.05) is 0 Å². The van der Waals surface area contributed by atoms with Crippen molar-refractivity contribution >= 4 is 13.5 Å². The van der Waals surface area contributed by atoms with Gasteiger partial charge in [-0.1, -0.05) is 24.3 Å². The molecule has 2 heteroatoms. The summed E-state index contributed by atoms with van der Waals surface area (Å²) in [4.78, 5) is 0. The molecule has 0 aliphatic rings. The molecular weight excluding hydrogens is 176 g/mol. The summed E-state index contributed by atoms with van der Waals surface area (Å²) in [7, 11) is -1.66. The van der Waals surface area contributed by atoms with Crippen LogP contribution in [0.5, 0.6) is 0 Å². The predicted octanol–water partition coefficient (Wildman–Crippen LogP) is 2.32. The number of hydrogen-bond donors (Lipinski definition) is 0. The van der Waals surface area contributed by atoms with Gasteiger partial charge in [0.1, 0.15) is 0 Å².